The lowest BCUT2D eigenvalue weighted by molar-refractivity contribution is 0.370. The number of hydrogen-bond acceptors (Lipinski definition) is 3. The van der Waals surface area contributed by atoms with Crippen LogP contribution in [0.2, 0.25) is 0 Å². The highest BCUT2D eigenvalue weighted by Gasteiger charge is 2.05. The van der Waals surface area contributed by atoms with E-state index in [2.05, 4.69) is 0 Å². The van der Waals surface area contributed by atoms with Crippen LogP contribution in [0.15, 0.2) is 35.7 Å². The standard InChI is InChI=1S/C9H11NO3S/c1-13-9(7-14(10,11)12)8-5-3-2-4-6-8/h2-7H,1H3,(H2,10,11,12)/b9-7-. The Morgan fingerprint density at radius 3 is 2.36 bits per heavy atom. The minimum atomic E-state index is -3.67. The maximum atomic E-state index is 10.8. The Labute approximate surface area is 83.1 Å². The molecule has 0 radical (unpaired) electrons. The predicted molar refractivity (Wildman–Crippen MR) is 54.5 cm³/mol. The van der Waals surface area contributed by atoms with Crippen LogP contribution in [0.3, 0.4) is 0 Å². The van der Waals surface area contributed by atoms with Gasteiger partial charge in [-0.3, -0.25) is 0 Å². The van der Waals surface area contributed by atoms with Crippen LogP contribution in [0.1, 0.15) is 5.56 Å². The lowest BCUT2D eigenvalue weighted by Gasteiger charge is -2.04. The molecule has 4 nitrogen and oxygen atoms in total. The van der Waals surface area contributed by atoms with Crippen LogP contribution in [0, 0.1) is 0 Å². The minimum Gasteiger partial charge on any atom is -0.495 e. The largest absolute Gasteiger partial charge is 0.495 e. The minimum absolute atomic E-state index is 0.230. The average molecular weight is 213 g/mol. The van der Waals surface area contributed by atoms with Gasteiger partial charge in [0, 0.05) is 5.56 Å². The van der Waals surface area contributed by atoms with Gasteiger partial charge < -0.3 is 4.74 Å². The fraction of sp³-hybridized carbons (Fsp3) is 0.111. The molecule has 0 saturated heterocycles. The molecule has 0 atom stereocenters. The highest BCUT2D eigenvalue weighted by Crippen LogP contribution is 2.14. The molecule has 14 heavy (non-hydrogen) atoms. The number of ether oxygens (including phenoxy) is 1. The molecule has 0 bridgehead atoms. The van der Waals surface area contributed by atoms with Gasteiger partial charge in [-0.1, -0.05) is 30.3 Å². The lowest BCUT2D eigenvalue weighted by Crippen LogP contribution is -2.08. The first-order chi connectivity index (χ1) is 6.53. The van der Waals surface area contributed by atoms with Crippen molar-refractivity contribution in [3.05, 3.63) is 41.3 Å². The molecule has 1 aromatic carbocycles. The fourth-order valence-electron chi connectivity index (χ4n) is 0.986. The van der Waals surface area contributed by atoms with Crippen molar-refractivity contribution in [2.45, 2.75) is 0 Å². The van der Waals surface area contributed by atoms with Crippen LogP contribution in [0.25, 0.3) is 5.76 Å². The maximum Gasteiger partial charge on any atom is 0.234 e. The molecular weight excluding hydrogens is 202 g/mol. The third kappa shape index (κ3) is 3.20. The monoisotopic (exact) mass is 213 g/mol. The third-order valence-electron chi connectivity index (χ3n) is 1.55. The Morgan fingerprint density at radius 1 is 1.36 bits per heavy atom. The van der Waals surface area contributed by atoms with E-state index in [0.717, 1.165) is 5.41 Å². The summed E-state index contributed by atoms with van der Waals surface area (Å²) in [6.07, 6.45) is 0. The summed E-state index contributed by atoms with van der Waals surface area (Å²) in [6.45, 7) is 0. The maximum absolute atomic E-state index is 10.8. The molecule has 0 saturated carbocycles. The number of hydrogen-bond donors (Lipinski definition) is 1. The summed E-state index contributed by atoms with van der Waals surface area (Å²) < 4.78 is 26.5. The summed E-state index contributed by atoms with van der Waals surface area (Å²) in [5, 5.41) is 5.76. The lowest BCUT2D eigenvalue weighted by atomic mass is 10.2. The van der Waals surface area contributed by atoms with Crippen molar-refractivity contribution < 1.29 is 13.2 Å². The second kappa shape index (κ2) is 4.26. The quantitative estimate of drug-likeness (QED) is 0.759. The molecule has 0 aliphatic rings. The molecule has 0 aromatic heterocycles. The van der Waals surface area contributed by atoms with Crippen molar-refractivity contribution in [2.75, 3.05) is 7.11 Å². The normalized spacial score (nSPS) is 12.6. The van der Waals surface area contributed by atoms with E-state index in [-0.39, 0.29) is 5.76 Å². The van der Waals surface area contributed by atoms with Gasteiger partial charge in [-0.25, -0.2) is 13.6 Å². The van der Waals surface area contributed by atoms with Crippen LogP contribution in [-0.4, -0.2) is 15.5 Å². The first kappa shape index (κ1) is 10.7. The van der Waals surface area contributed by atoms with E-state index in [9.17, 15) is 8.42 Å². The van der Waals surface area contributed by atoms with E-state index >= 15 is 0 Å². The number of benzene rings is 1. The SMILES string of the molecule is CO/C(=C\S(N)(=O)=O)c1ccccc1. The number of nitrogens with two attached hydrogens (primary N) is 1. The average Bonchev–Trinajstić information content (AvgIpc) is 2.14. The number of sulfonamides is 1. The van der Waals surface area contributed by atoms with Crippen molar-refractivity contribution in [1.29, 1.82) is 0 Å². The number of methoxy groups -OCH3 is 1. The van der Waals surface area contributed by atoms with Gasteiger partial charge in [-0.05, 0) is 0 Å². The molecule has 0 amide bonds. The summed E-state index contributed by atoms with van der Waals surface area (Å²) >= 11 is 0. The van der Waals surface area contributed by atoms with Crippen molar-refractivity contribution in [3.8, 4) is 0 Å². The van der Waals surface area contributed by atoms with Crippen molar-refractivity contribution >= 4 is 15.8 Å². The fourth-order valence-corrected chi connectivity index (χ4v) is 1.52. The smallest absolute Gasteiger partial charge is 0.234 e. The Morgan fingerprint density at radius 2 is 1.93 bits per heavy atom. The summed E-state index contributed by atoms with van der Waals surface area (Å²) in [5.41, 5.74) is 0.670. The van der Waals surface area contributed by atoms with Gasteiger partial charge in [0.25, 0.3) is 0 Å². The molecule has 0 spiro atoms. The highest BCUT2D eigenvalue weighted by atomic mass is 32.2. The van der Waals surface area contributed by atoms with Crippen LogP contribution in [0.5, 0.6) is 0 Å². The Hall–Kier alpha value is -1.33. The van der Waals surface area contributed by atoms with E-state index < -0.39 is 10.0 Å². The number of primary sulfonamides is 1. The zero-order valence-electron chi connectivity index (χ0n) is 7.67. The molecule has 5 heteroatoms. The van der Waals surface area contributed by atoms with Crippen molar-refractivity contribution in [3.63, 3.8) is 0 Å². The van der Waals surface area contributed by atoms with Gasteiger partial charge in [0.05, 0.1) is 12.5 Å². The van der Waals surface area contributed by atoms with Crippen LogP contribution in [-0.2, 0) is 14.8 Å². The second-order valence-electron chi connectivity index (χ2n) is 2.64. The summed E-state index contributed by atoms with van der Waals surface area (Å²) in [4.78, 5) is 0. The molecule has 1 rings (SSSR count). The molecule has 0 aliphatic heterocycles. The molecule has 2 N–H and O–H groups in total. The summed E-state index contributed by atoms with van der Waals surface area (Å²) in [5.74, 6) is 0.230. The van der Waals surface area contributed by atoms with Gasteiger partial charge in [-0.15, -0.1) is 0 Å². The molecule has 1 aromatic rings. The van der Waals surface area contributed by atoms with Crippen molar-refractivity contribution in [1.82, 2.24) is 0 Å². The van der Waals surface area contributed by atoms with Gasteiger partial charge in [0.1, 0.15) is 5.76 Å². The van der Waals surface area contributed by atoms with E-state index in [0.29, 0.717) is 5.56 Å². The molecule has 0 heterocycles. The predicted octanol–water partition coefficient (Wildman–Crippen LogP) is 0.920. The van der Waals surface area contributed by atoms with Gasteiger partial charge in [0.15, 0.2) is 0 Å². The van der Waals surface area contributed by atoms with E-state index in [1.54, 1.807) is 24.3 Å². The molecule has 0 fully saturated rings. The second-order valence-corrected chi connectivity index (χ2v) is 4.06. The zero-order chi connectivity index (χ0) is 10.6. The highest BCUT2D eigenvalue weighted by molar-refractivity contribution is 7.92. The van der Waals surface area contributed by atoms with Crippen molar-refractivity contribution in [2.24, 2.45) is 5.14 Å². The Balaban J connectivity index is 3.12. The Bertz CT molecular complexity index is 423. The first-order valence-electron chi connectivity index (χ1n) is 3.87. The van der Waals surface area contributed by atoms with Gasteiger partial charge in [-0.2, -0.15) is 0 Å². The molecule has 0 unspecified atom stereocenters. The summed E-state index contributed by atoms with van der Waals surface area (Å²) in [7, 11) is -2.28. The van der Waals surface area contributed by atoms with E-state index in [1.807, 2.05) is 6.07 Å². The Kier molecular flexibility index (Phi) is 3.27. The summed E-state index contributed by atoms with van der Waals surface area (Å²) in [6, 6.07) is 8.87. The topological polar surface area (TPSA) is 69.4 Å². The third-order valence-corrected chi connectivity index (χ3v) is 2.09. The van der Waals surface area contributed by atoms with Gasteiger partial charge >= 0.3 is 0 Å². The van der Waals surface area contributed by atoms with E-state index in [4.69, 9.17) is 9.88 Å². The molecular formula is C9H11NO3S. The van der Waals surface area contributed by atoms with Gasteiger partial charge in [0.2, 0.25) is 10.0 Å². The van der Waals surface area contributed by atoms with Crippen LogP contribution < -0.4 is 5.14 Å². The zero-order valence-corrected chi connectivity index (χ0v) is 8.49. The molecule has 76 valence electrons. The number of rotatable bonds is 3. The van der Waals surface area contributed by atoms with Crippen LogP contribution >= 0.6 is 0 Å². The first-order valence-corrected chi connectivity index (χ1v) is 5.48. The molecule has 0 aliphatic carbocycles. The van der Waals surface area contributed by atoms with E-state index in [1.165, 1.54) is 7.11 Å². The van der Waals surface area contributed by atoms with Crippen LogP contribution in [0.4, 0.5) is 0 Å².